The molecule has 0 aliphatic carbocycles. The van der Waals surface area contributed by atoms with E-state index in [9.17, 15) is 13.2 Å². The van der Waals surface area contributed by atoms with Crippen molar-refractivity contribution in [2.24, 2.45) is 0 Å². The van der Waals surface area contributed by atoms with Gasteiger partial charge < -0.3 is 5.32 Å². The predicted octanol–water partition coefficient (Wildman–Crippen LogP) is 3.66. The molecule has 0 bridgehead atoms. The molecule has 0 fully saturated rings. The quantitative estimate of drug-likeness (QED) is 0.804. The number of anilines is 2. The van der Waals surface area contributed by atoms with E-state index in [1.807, 2.05) is 50.2 Å². The maximum absolute atomic E-state index is 12.2. The average molecular weight is 375 g/mol. The van der Waals surface area contributed by atoms with Gasteiger partial charge in [-0.25, -0.2) is 8.42 Å². The minimum Gasteiger partial charge on any atom is -0.326 e. The summed E-state index contributed by atoms with van der Waals surface area (Å²) < 4.78 is 25.8. The summed E-state index contributed by atoms with van der Waals surface area (Å²) in [6.45, 7) is 5.99. The third kappa shape index (κ3) is 5.08. The molecule has 0 saturated carbocycles. The number of carbonyl (C=O) groups is 1. The predicted molar refractivity (Wildman–Crippen MR) is 107 cm³/mol. The first-order chi connectivity index (χ1) is 12.2. The second kappa shape index (κ2) is 8.36. The third-order valence-electron chi connectivity index (χ3n) is 4.43. The Morgan fingerprint density at radius 2 is 1.73 bits per heavy atom. The Hall–Kier alpha value is -2.34. The van der Waals surface area contributed by atoms with Gasteiger partial charge in [0.15, 0.2) is 0 Å². The number of hydrogen-bond acceptors (Lipinski definition) is 3. The average Bonchev–Trinajstić information content (AvgIpc) is 2.58. The van der Waals surface area contributed by atoms with E-state index in [0.29, 0.717) is 11.4 Å². The molecule has 0 aliphatic rings. The van der Waals surface area contributed by atoms with Gasteiger partial charge >= 0.3 is 0 Å². The van der Waals surface area contributed by atoms with Gasteiger partial charge in [-0.3, -0.25) is 9.10 Å². The Bertz CT molecular complexity index is 874. The lowest BCUT2D eigenvalue weighted by molar-refractivity contribution is -0.116. The molecule has 6 heteroatoms. The molecule has 2 rings (SSSR count). The number of aryl methyl sites for hydroxylation is 2. The van der Waals surface area contributed by atoms with E-state index in [-0.39, 0.29) is 18.9 Å². The van der Waals surface area contributed by atoms with Crippen LogP contribution in [0.2, 0.25) is 0 Å². The molecule has 2 aromatic rings. The van der Waals surface area contributed by atoms with Gasteiger partial charge in [0.1, 0.15) is 0 Å². The zero-order valence-electron chi connectivity index (χ0n) is 15.7. The summed E-state index contributed by atoms with van der Waals surface area (Å²) in [4.78, 5) is 12.2. The molecule has 5 nitrogen and oxygen atoms in total. The number of sulfonamides is 1. The summed E-state index contributed by atoms with van der Waals surface area (Å²) >= 11 is 0. The van der Waals surface area contributed by atoms with Crippen molar-refractivity contribution in [2.75, 3.05) is 22.4 Å². The van der Waals surface area contributed by atoms with Crippen LogP contribution in [-0.4, -0.2) is 27.1 Å². The molecule has 1 amide bonds. The highest BCUT2D eigenvalue weighted by Gasteiger charge is 2.20. The highest BCUT2D eigenvalue weighted by atomic mass is 32.2. The Morgan fingerprint density at radius 1 is 1.08 bits per heavy atom. The molecular weight excluding hydrogens is 348 g/mol. The topological polar surface area (TPSA) is 66.5 Å². The minimum atomic E-state index is -3.48. The van der Waals surface area contributed by atoms with Crippen molar-refractivity contribution in [2.45, 2.75) is 33.6 Å². The summed E-state index contributed by atoms with van der Waals surface area (Å²) in [5.74, 6) is -0.215. The fourth-order valence-corrected chi connectivity index (χ4v) is 3.70. The van der Waals surface area contributed by atoms with Crippen LogP contribution in [0.5, 0.6) is 0 Å². The fourth-order valence-electron chi connectivity index (χ4n) is 2.72. The summed E-state index contributed by atoms with van der Waals surface area (Å²) in [6.07, 6.45) is 2.18. The summed E-state index contributed by atoms with van der Waals surface area (Å²) in [6, 6.07) is 13.2. The van der Waals surface area contributed by atoms with Crippen molar-refractivity contribution < 1.29 is 13.2 Å². The van der Waals surface area contributed by atoms with Gasteiger partial charge in [-0.1, -0.05) is 31.2 Å². The molecule has 0 atom stereocenters. The zero-order valence-corrected chi connectivity index (χ0v) is 16.6. The van der Waals surface area contributed by atoms with E-state index >= 15 is 0 Å². The van der Waals surface area contributed by atoms with E-state index < -0.39 is 10.0 Å². The van der Waals surface area contributed by atoms with E-state index in [0.717, 1.165) is 23.8 Å². The molecular formula is C20H26N2O3S. The SMILES string of the molecule is CCc1ccc(NC(=O)CCN(c2cccc(C)c2C)S(C)(=O)=O)cc1. The van der Waals surface area contributed by atoms with Crippen LogP contribution in [-0.2, 0) is 21.2 Å². The van der Waals surface area contributed by atoms with Crippen molar-refractivity contribution in [3.8, 4) is 0 Å². The molecule has 140 valence electrons. The molecule has 0 unspecified atom stereocenters. The first kappa shape index (κ1) is 20.0. The van der Waals surface area contributed by atoms with Crippen molar-refractivity contribution >= 4 is 27.3 Å². The normalized spacial score (nSPS) is 11.2. The van der Waals surface area contributed by atoms with Crippen molar-refractivity contribution in [1.82, 2.24) is 0 Å². The van der Waals surface area contributed by atoms with Gasteiger partial charge in [-0.2, -0.15) is 0 Å². The summed E-state index contributed by atoms with van der Waals surface area (Å²) in [5, 5.41) is 2.82. The van der Waals surface area contributed by atoms with Crippen LogP contribution in [0.25, 0.3) is 0 Å². The van der Waals surface area contributed by atoms with E-state index in [1.165, 1.54) is 9.87 Å². The number of carbonyl (C=O) groups excluding carboxylic acids is 1. The Balaban J connectivity index is 2.09. The van der Waals surface area contributed by atoms with Crippen LogP contribution in [0.15, 0.2) is 42.5 Å². The van der Waals surface area contributed by atoms with Gasteiger partial charge in [-0.15, -0.1) is 0 Å². The molecule has 2 aromatic carbocycles. The lowest BCUT2D eigenvalue weighted by Gasteiger charge is -2.24. The second-order valence-corrected chi connectivity index (χ2v) is 8.31. The number of nitrogens with zero attached hydrogens (tertiary/aromatic N) is 1. The number of rotatable bonds is 7. The second-order valence-electron chi connectivity index (χ2n) is 6.40. The molecule has 0 aliphatic heterocycles. The van der Waals surface area contributed by atoms with E-state index in [2.05, 4.69) is 12.2 Å². The number of hydrogen-bond donors (Lipinski definition) is 1. The molecule has 26 heavy (non-hydrogen) atoms. The lowest BCUT2D eigenvalue weighted by atomic mass is 10.1. The van der Waals surface area contributed by atoms with Gasteiger partial charge in [-0.05, 0) is 55.2 Å². The Morgan fingerprint density at radius 3 is 2.31 bits per heavy atom. The maximum Gasteiger partial charge on any atom is 0.232 e. The largest absolute Gasteiger partial charge is 0.326 e. The molecule has 1 N–H and O–H groups in total. The smallest absolute Gasteiger partial charge is 0.232 e. The molecule has 0 heterocycles. The number of nitrogens with one attached hydrogen (secondary N) is 1. The standard InChI is InChI=1S/C20H26N2O3S/c1-5-17-9-11-18(12-10-17)21-20(23)13-14-22(26(4,24)25)19-8-6-7-15(2)16(19)3/h6-12H,5,13-14H2,1-4H3,(H,21,23). The summed E-state index contributed by atoms with van der Waals surface area (Å²) in [7, 11) is -3.48. The maximum atomic E-state index is 12.2. The number of amides is 1. The molecule has 0 radical (unpaired) electrons. The van der Waals surface area contributed by atoms with Crippen LogP contribution in [0, 0.1) is 13.8 Å². The van der Waals surface area contributed by atoms with Gasteiger partial charge in [0.25, 0.3) is 0 Å². The van der Waals surface area contributed by atoms with Gasteiger partial charge in [0.05, 0.1) is 11.9 Å². The van der Waals surface area contributed by atoms with Crippen molar-refractivity contribution in [3.05, 3.63) is 59.2 Å². The molecule has 0 aromatic heterocycles. The molecule has 0 saturated heterocycles. The van der Waals surface area contributed by atoms with Crippen LogP contribution < -0.4 is 9.62 Å². The Labute approximate surface area is 156 Å². The van der Waals surface area contributed by atoms with Crippen molar-refractivity contribution in [3.63, 3.8) is 0 Å². The first-order valence-electron chi connectivity index (χ1n) is 8.65. The van der Waals surface area contributed by atoms with E-state index in [4.69, 9.17) is 0 Å². The third-order valence-corrected chi connectivity index (χ3v) is 5.61. The Kier molecular flexibility index (Phi) is 6.42. The monoisotopic (exact) mass is 374 g/mol. The van der Waals surface area contributed by atoms with Crippen LogP contribution in [0.3, 0.4) is 0 Å². The van der Waals surface area contributed by atoms with Gasteiger partial charge in [0, 0.05) is 18.7 Å². The zero-order chi connectivity index (χ0) is 19.3. The van der Waals surface area contributed by atoms with Crippen LogP contribution in [0.1, 0.15) is 30.0 Å². The highest BCUT2D eigenvalue weighted by molar-refractivity contribution is 7.92. The van der Waals surface area contributed by atoms with Crippen molar-refractivity contribution in [1.29, 1.82) is 0 Å². The highest BCUT2D eigenvalue weighted by Crippen LogP contribution is 2.25. The van der Waals surface area contributed by atoms with E-state index in [1.54, 1.807) is 6.07 Å². The van der Waals surface area contributed by atoms with Crippen LogP contribution >= 0.6 is 0 Å². The summed E-state index contributed by atoms with van der Waals surface area (Å²) in [5.41, 5.74) is 4.43. The fraction of sp³-hybridized carbons (Fsp3) is 0.350. The van der Waals surface area contributed by atoms with Gasteiger partial charge in [0.2, 0.25) is 15.9 Å². The van der Waals surface area contributed by atoms with Crippen LogP contribution in [0.4, 0.5) is 11.4 Å². The number of benzene rings is 2. The lowest BCUT2D eigenvalue weighted by Crippen LogP contribution is -2.33. The first-order valence-corrected chi connectivity index (χ1v) is 10.5. The minimum absolute atomic E-state index is 0.0793. The molecule has 0 spiro atoms.